The third kappa shape index (κ3) is 3.29. The van der Waals surface area contributed by atoms with Crippen LogP contribution in [0.5, 0.6) is 0 Å². The Balaban J connectivity index is 1.98. The maximum atomic E-state index is 12.3. The molecule has 0 radical (unpaired) electrons. The van der Waals surface area contributed by atoms with Gasteiger partial charge in [-0.1, -0.05) is 12.0 Å². The lowest BCUT2D eigenvalue weighted by Gasteiger charge is -2.31. The Morgan fingerprint density at radius 3 is 2.65 bits per heavy atom. The minimum atomic E-state index is -0.767. The second-order valence-corrected chi connectivity index (χ2v) is 4.65. The summed E-state index contributed by atoms with van der Waals surface area (Å²) in [5.74, 6) is 2.46. The van der Waals surface area contributed by atoms with E-state index in [4.69, 9.17) is 16.9 Å². The zero-order chi connectivity index (χ0) is 14.5. The number of nitrogens with two attached hydrogens (primary N) is 1. The van der Waals surface area contributed by atoms with E-state index in [1.165, 1.54) is 0 Å². The quantitative estimate of drug-likeness (QED) is 0.826. The second-order valence-electron chi connectivity index (χ2n) is 4.65. The van der Waals surface area contributed by atoms with Crippen LogP contribution in [0.4, 0.5) is 4.79 Å². The van der Waals surface area contributed by atoms with Gasteiger partial charge in [0.25, 0.3) is 5.91 Å². The monoisotopic (exact) mass is 272 g/mol. The van der Waals surface area contributed by atoms with Crippen molar-refractivity contribution in [2.75, 3.05) is 13.1 Å². The van der Waals surface area contributed by atoms with E-state index in [2.05, 4.69) is 5.92 Å². The molecule has 5 heteroatoms. The molecule has 1 heterocycles. The van der Waals surface area contributed by atoms with E-state index in [0.717, 1.165) is 0 Å². The predicted octanol–water partition coefficient (Wildman–Crippen LogP) is 1.37. The molecule has 20 heavy (non-hydrogen) atoms. The second kappa shape index (κ2) is 6.11. The van der Waals surface area contributed by atoms with Crippen LogP contribution < -0.4 is 5.73 Å². The molecule has 0 atom stereocenters. The summed E-state index contributed by atoms with van der Waals surface area (Å²) in [7, 11) is 0. The average Bonchev–Trinajstić information content (AvgIpc) is 2.47. The Hall–Kier alpha value is -2.48. The molecular weight excluding hydrogens is 256 g/mol. The number of carbonyl (C=O) groups excluding carboxylic acids is 2. The topological polar surface area (TPSA) is 72.6 Å². The smallest absolute Gasteiger partial charge is 0.404 e. The molecule has 2 N–H and O–H groups in total. The fourth-order valence-corrected chi connectivity index (χ4v) is 2.27. The van der Waals surface area contributed by atoms with E-state index < -0.39 is 6.09 Å². The van der Waals surface area contributed by atoms with Crippen LogP contribution in [0.25, 0.3) is 0 Å². The number of benzene rings is 1. The highest BCUT2D eigenvalue weighted by Gasteiger charge is 2.25. The van der Waals surface area contributed by atoms with Crippen molar-refractivity contribution >= 4 is 12.0 Å². The van der Waals surface area contributed by atoms with Crippen molar-refractivity contribution in [2.45, 2.75) is 18.9 Å². The number of hydrogen-bond donors (Lipinski definition) is 1. The van der Waals surface area contributed by atoms with E-state index in [1.807, 2.05) is 0 Å². The van der Waals surface area contributed by atoms with Crippen molar-refractivity contribution in [2.24, 2.45) is 5.73 Å². The average molecular weight is 272 g/mol. The van der Waals surface area contributed by atoms with Crippen molar-refractivity contribution in [3.63, 3.8) is 0 Å². The standard InChI is InChI=1S/C15H16N2O3/c1-2-11-4-3-5-12(10-11)14(18)17-8-6-13(7-9-17)20-15(16)19/h1,3-5,10,13H,6-9H2,(H2,16,19). The highest BCUT2D eigenvalue weighted by molar-refractivity contribution is 5.94. The summed E-state index contributed by atoms with van der Waals surface area (Å²) in [6.07, 6.45) is 5.56. The lowest BCUT2D eigenvalue weighted by molar-refractivity contribution is 0.0455. The zero-order valence-corrected chi connectivity index (χ0v) is 11.0. The van der Waals surface area contributed by atoms with Crippen molar-refractivity contribution in [1.29, 1.82) is 0 Å². The van der Waals surface area contributed by atoms with Crippen LogP contribution in [0.1, 0.15) is 28.8 Å². The van der Waals surface area contributed by atoms with Crippen LogP contribution >= 0.6 is 0 Å². The van der Waals surface area contributed by atoms with E-state index >= 15 is 0 Å². The van der Waals surface area contributed by atoms with Gasteiger partial charge in [-0.05, 0) is 18.2 Å². The van der Waals surface area contributed by atoms with E-state index in [0.29, 0.717) is 37.1 Å². The third-order valence-corrected chi connectivity index (χ3v) is 3.29. The fraction of sp³-hybridized carbons (Fsp3) is 0.333. The number of primary amides is 1. The van der Waals surface area contributed by atoms with Gasteiger partial charge in [0.15, 0.2) is 0 Å². The molecule has 0 bridgehead atoms. The van der Waals surface area contributed by atoms with Crippen LogP contribution in [0, 0.1) is 12.3 Å². The number of amides is 2. The molecule has 2 amide bonds. The van der Waals surface area contributed by atoms with Gasteiger partial charge in [-0.25, -0.2) is 4.79 Å². The first-order valence-corrected chi connectivity index (χ1v) is 6.42. The van der Waals surface area contributed by atoms with E-state index in [1.54, 1.807) is 29.2 Å². The fourth-order valence-electron chi connectivity index (χ4n) is 2.27. The number of piperidine rings is 1. The van der Waals surface area contributed by atoms with Crippen LogP contribution in [-0.2, 0) is 4.74 Å². The lowest BCUT2D eigenvalue weighted by atomic mass is 10.1. The van der Waals surface area contributed by atoms with Gasteiger partial charge >= 0.3 is 6.09 Å². The zero-order valence-electron chi connectivity index (χ0n) is 11.0. The molecule has 104 valence electrons. The third-order valence-electron chi connectivity index (χ3n) is 3.29. The molecule has 1 fully saturated rings. The lowest BCUT2D eigenvalue weighted by Crippen LogP contribution is -2.41. The maximum absolute atomic E-state index is 12.3. The van der Waals surface area contributed by atoms with Gasteiger partial charge < -0.3 is 15.4 Å². The number of terminal acetylenes is 1. The number of nitrogens with zero attached hydrogens (tertiary/aromatic N) is 1. The summed E-state index contributed by atoms with van der Waals surface area (Å²) in [6.45, 7) is 1.08. The molecule has 1 aliphatic heterocycles. The molecule has 1 saturated heterocycles. The van der Waals surface area contributed by atoms with Crippen LogP contribution in [0.15, 0.2) is 24.3 Å². The minimum absolute atomic E-state index is 0.0559. The maximum Gasteiger partial charge on any atom is 0.404 e. The Kier molecular flexibility index (Phi) is 4.26. The van der Waals surface area contributed by atoms with Gasteiger partial charge in [0.05, 0.1) is 0 Å². The Morgan fingerprint density at radius 1 is 1.35 bits per heavy atom. The number of ether oxygens (including phenoxy) is 1. The largest absolute Gasteiger partial charge is 0.446 e. The Morgan fingerprint density at radius 2 is 2.05 bits per heavy atom. The van der Waals surface area contributed by atoms with Crippen LogP contribution in [0.3, 0.4) is 0 Å². The first-order chi connectivity index (χ1) is 9.60. The van der Waals surface area contributed by atoms with Gasteiger partial charge in [0.1, 0.15) is 6.10 Å². The SMILES string of the molecule is C#Cc1cccc(C(=O)N2CCC(OC(N)=O)CC2)c1. The minimum Gasteiger partial charge on any atom is -0.446 e. The highest BCUT2D eigenvalue weighted by Crippen LogP contribution is 2.16. The summed E-state index contributed by atoms with van der Waals surface area (Å²) in [4.78, 5) is 24.7. The molecule has 1 aliphatic rings. The molecule has 2 rings (SSSR count). The van der Waals surface area contributed by atoms with Gasteiger partial charge in [0.2, 0.25) is 0 Å². The molecule has 0 aromatic heterocycles. The molecule has 0 spiro atoms. The predicted molar refractivity (Wildman–Crippen MR) is 74.0 cm³/mol. The van der Waals surface area contributed by atoms with Crippen molar-refractivity contribution in [3.8, 4) is 12.3 Å². The van der Waals surface area contributed by atoms with E-state index in [-0.39, 0.29) is 12.0 Å². The molecule has 5 nitrogen and oxygen atoms in total. The summed E-state index contributed by atoms with van der Waals surface area (Å²) < 4.78 is 4.94. The Bertz CT molecular complexity index is 554. The van der Waals surface area contributed by atoms with Crippen LogP contribution in [0.2, 0.25) is 0 Å². The summed E-state index contributed by atoms with van der Waals surface area (Å²) in [5, 5.41) is 0. The van der Waals surface area contributed by atoms with Crippen molar-refractivity contribution < 1.29 is 14.3 Å². The van der Waals surface area contributed by atoms with Crippen molar-refractivity contribution in [3.05, 3.63) is 35.4 Å². The molecule has 0 saturated carbocycles. The number of likely N-dealkylation sites (tertiary alicyclic amines) is 1. The first-order valence-electron chi connectivity index (χ1n) is 6.42. The van der Waals surface area contributed by atoms with Gasteiger partial charge in [-0.3, -0.25) is 4.79 Å². The first kappa shape index (κ1) is 13.9. The summed E-state index contributed by atoms with van der Waals surface area (Å²) in [5.41, 5.74) is 6.24. The number of hydrogen-bond acceptors (Lipinski definition) is 3. The molecule has 0 aliphatic carbocycles. The van der Waals surface area contributed by atoms with Gasteiger partial charge in [0, 0.05) is 37.1 Å². The normalized spacial score (nSPS) is 15.4. The number of rotatable bonds is 2. The summed E-state index contributed by atoms with van der Waals surface area (Å²) in [6, 6.07) is 7.00. The summed E-state index contributed by atoms with van der Waals surface area (Å²) >= 11 is 0. The highest BCUT2D eigenvalue weighted by atomic mass is 16.6. The molecule has 0 unspecified atom stereocenters. The van der Waals surface area contributed by atoms with Crippen LogP contribution in [-0.4, -0.2) is 36.1 Å². The Labute approximate surface area is 117 Å². The van der Waals surface area contributed by atoms with Gasteiger partial charge in [-0.15, -0.1) is 6.42 Å². The van der Waals surface area contributed by atoms with Gasteiger partial charge in [-0.2, -0.15) is 0 Å². The van der Waals surface area contributed by atoms with E-state index in [9.17, 15) is 9.59 Å². The molecular formula is C15H16N2O3. The molecule has 1 aromatic rings. The molecule has 1 aromatic carbocycles. The van der Waals surface area contributed by atoms with Crippen molar-refractivity contribution in [1.82, 2.24) is 4.90 Å². The number of carbonyl (C=O) groups is 2.